The van der Waals surface area contributed by atoms with Crippen LogP contribution in [0.1, 0.15) is 12.8 Å². The van der Waals surface area contributed by atoms with Crippen molar-refractivity contribution in [3.05, 3.63) is 33.3 Å². The van der Waals surface area contributed by atoms with Gasteiger partial charge in [0.1, 0.15) is 5.69 Å². The van der Waals surface area contributed by atoms with Crippen molar-refractivity contribution in [2.45, 2.75) is 18.9 Å². The normalized spacial score (nSPS) is 17.0. The van der Waals surface area contributed by atoms with Gasteiger partial charge in [-0.2, -0.15) is 0 Å². The van der Waals surface area contributed by atoms with Gasteiger partial charge in [0.25, 0.3) is 5.69 Å². The monoisotopic (exact) mass is 333 g/mol. The van der Waals surface area contributed by atoms with E-state index in [0.717, 1.165) is 6.26 Å². The molecule has 0 spiro atoms. The first-order valence-corrected chi connectivity index (χ1v) is 8.69. The average molecular weight is 334 g/mol. The molecule has 21 heavy (non-hydrogen) atoms. The smallest absolute Gasteiger partial charge is 0.294 e. The molecular weight excluding hydrogens is 318 g/mol. The maximum Gasteiger partial charge on any atom is 0.294 e. The van der Waals surface area contributed by atoms with E-state index in [1.54, 1.807) is 12.1 Å². The third kappa shape index (κ3) is 4.29. The van der Waals surface area contributed by atoms with Crippen molar-refractivity contribution >= 4 is 33.0 Å². The number of sulfonamides is 1. The van der Waals surface area contributed by atoms with Gasteiger partial charge in [0, 0.05) is 30.2 Å². The SMILES string of the molecule is CS(=O)(=O)NC1CCN(c2ccc(Cl)cc2[N+](=O)[O-])CC1. The molecular formula is C12H16ClN3O4S. The Kier molecular flexibility index (Phi) is 4.70. The fourth-order valence-corrected chi connectivity index (χ4v) is 3.46. The Morgan fingerprint density at radius 1 is 1.38 bits per heavy atom. The molecule has 2 rings (SSSR count). The quantitative estimate of drug-likeness (QED) is 0.669. The van der Waals surface area contributed by atoms with Gasteiger partial charge >= 0.3 is 0 Å². The second-order valence-corrected chi connectivity index (χ2v) is 7.26. The summed E-state index contributed by atoms with van der Waals surface area (Å²) in [5.41, 5.74) is 0.485. The van der Waals surface area contributed by atoms with E-state index in [-0.39, 0.29) is 11.7 Å². The van der Waals surface area contributed by atoms with Gasteiger partial charge in [-0.05, 0) is 25.0 Å². The molecule has 9 heteroatoms. The number of nitrogens with zero attached hydrogens (tertiary/aromatic N) is 2. The molecule has 116 valence electrons. The molecule has 0 bridgehead atoms. The standard InChI is InChI=1S/C12H16ClN3O4S/c1-21(19,20)14-10-4-6-15(7-5-10)11-3-2-9(13)8-12(11)16(17)18/h2-3,8,10,14H,4-7H2,1H3. The summed E-state index contributed by atoms with van der Waals surface area (Å²) in [6.07, 6.45) is 2.34. The number of nitrogens with one attached hydrogen (secondary N) is 1. The van der Waals surface area contributed by atoms with E-state index in [4.69, 9.17) is 11.6 Å². The minimum Gasteiger partial charge on any atom is -0.366 e. The molecule has 0 aromatic heterocycles. The van der Waals surface area contributed by atoms with Crippen molar-refractivity contribution in [2.75, 3.05) is 24.2 Å². The first kappa shape index (κ1) is 16.0. The van der Waals surface area contributed by atoms with E-state index >= 15 is 0 Å². The highest BCUT2D eigenvalue weighted by atomic mass is 35.5. The Labute approximate surface area is 128 Å². The highest BCUT2D eigenvalue weighted by molar-refractivity contribution is 7.88. The third-order valence-corrected chi connectivity index (χ3v) is 4.35. The van der Waals surface area contributed by atoms with Crippen LogP contribution in [0, 0.1) is 10.1 Å². The lowest BCUT2D eigenvalue weighted by Crippen LogP contribution is -2.44. The van der Waals surface area contributed by atoms with Crippen LogP contribution >= 0.6 is 11.6 Å². The van der Waals surface area contributed by atoms with Crippen LogP contribution in [0.4, 0.5) is 11.4 Å². The van der Waals surface area contributed by atoms with Gasteiger partial charge in [-0.3, -0.25) is 10.1 Å². The van der Waals surface area contributed by atoms with Crippen LogP contribution in [0.15, 0.2) is 18.2 Å². The number of nitro groups is 1. The van der Waals surface area contributed by atoms with Crippen molar-refractivity contribution in [2.24, 2.45) is 0 Å². The molecule has 0 aliphatic carbocycles. The lowest BCUT2D eigenvalue weighted by molar-refractivity contribution is -0.384. The van der Waals surface area contributed by atoms with E-state index in [1.165, 1.54) is 6.07 Å². The maximum absolute atomic E-state index is 11.2. The summed E-state index contributed by atoms with van der Waals surface area (Å²) in [5.74, 6) is 0. The average Bonchev–Trinajstić information content (AvgIpc) is 2.38. The number of halogens is 1. The number of anilines is 1. The second-order valence-electron chi connectivity index (χ2n) is 5.04. The number of hydrogen-bond acceptors (Lipinski definition) is 5. The molecule has 1 fully saturated rings. The number of benzene rings is 1. The zero-order chi connectivity index (χ0) is 15.6. The van der Waals surface area contributed by atoms with E-state index in [9.17, 15) is 18.5 Å². The fourth-order valence-electron chi connectivity index (χ4n) is 2.45. The van der Waals surface area contributed by atoms with Gasteiger partial charge in [0.05, 0.1) is 11.2 Å². The predicted molar refractivity (Wildman–Crippen MR) is 81.3 cm³/mol. The first-order chi connectivity index (χ1) is 9.76. The summed E-state index contributed by atoms with van der Waals surface area (Å²) < 4.78 is 25.0. The summed E-state index contributed by atoms with van der Waals surface area (Å²) in [7, 11) is -3.23. The Morgan fingerprint density at radius 3 is 2.52 bits per heavy atom. The lowest BCUT2D eigenvalue weighted by atomic mass is 10.1. The molecule has 0 saturated carbocycles. The second kappa shape index (κ2) is 6.17. The zero-order valence-corrected chi connectivity index (χ0v) is 13.0. The van der Waals surface area contributed by atoms with Gasteiger partial charge < -0.3 is 4.90 Å². The largest absolute Gasteiger partial charge is 0.366 e. The highest BCUT2D eigenvalue weighted by Gasteiger charge is 2.26. The molecule has 0 atom stereocenters. The van der Waals surface area contributed by atoms with Gasteiger partial charge in [-0.1, -0.05) is 11.6 Å². The first-order valence-electron chi connectivity index (χ1n) is 6.42. The summed E-state index contributed by atoms with van der Waals surface area (Å²) in [6, 6.07) is 4.45. The Bertz CT molecular complexity index is 642. The Balaban J connectivity index is 2.11. The summed E-state index contributed by atoms with van der Waals surface area (Å²) in [4.78, 5) is 12.5. The highest BCUT2D eigenvalue weighted by Crippen LogP contribution is 2.32. The predicted octanol–water partition coefficient (Wildman–Crippen LogP) is 1.77. The van der Waals surface area contributed by atoms with Crippen molar-refractivity contribution in [1.82, 2.24) is 4.72 Å². The van der Waals surface area contributed by atoms with E-state index in [2.05, 4.69) is 4.72 Å². The number of nitro benzene ring substituents is 1. The van der Waals surface area contributed by atoms with E-state index < -0.39 is 14.9 Å². The summed E-state index contributed by atoms with van der Waals surface area (Å²) >= 11 is 5.80. The van der Waals surface area contributed by atoms with Crippen molar-refractivity contribution in [3.63, 3.8) is 0 Å². The minimum absolute atomic E-state index is 0.0305. The Morgan fingerprint density at radius 2 is 2.00 bits per heavy atom. The van der Waals surface area contributed by atoms with Gasteiger partial charge in [-0.25, -0.2) is 13.1 Å². The van der Waals surface area contributed by atoms with Crippen LogP contribution in [-0.4, -0.2) is 38.7 Å². The fraction of sp³-hybridized carbons (Fsp3) is 0.500. The molecule has 7 nitrogen and oxygen atoms in total. The molecule has 1 aliphatic heterocycles. The van der Waals surface area contributed by atoms with Crippen LogP contribution < -0.4 is 9.62 Å². The number of piperidine rings is 1. The molecule has 0 amide bonds. The van der Waals surface area contributed by atoms with Crippen LogP contribution in [0.5, 0.6) is 0 Å². The number of hydrogen-bond donors (Lipinski definition) is 1. The minimum atomic E-state index is -3.23. The maximum atomic E-state index is 11.2. The molecule has 1 aromatic rings. The van der Waals surface area contributed by atoms with Gasteiger partial charge in [0.2, 0.25) is 10.0 Å². The number of rotatable bonds is 4. The van der Waals surface area contributed by atoms with Crippen LogP contribution in [0.3, 0.4) is 0 Å². The van der Waals surface area contributed by atoms with Crippen molar-refractivity contribution in [1.29, 1.82) is 0 Å². The molecule has 0 unspecified atom stereocenters. The summed E-state index contributed by atoms with van der Waals surface area (Å²) in [6.45, 7) is 1.10. The van der Waals surface area contributed by atoms with Gasteiger partial charge in [-0.15, -0.1) is 0 Å². The topological polar surface area (TPSA) is 92.6 Å². The molecule has 1 aliphatic rings. The lowest BCUT2D eigenvalue weighted by Gasteiger charge is -2.33. The Hall–Kier alpha value is -1.38. The molecule has 1 N–H and O–H groups in total. The van der Waals surface area contributed by atoms with Crippen molar-refractivity contribution in [3.8, 4) is 0 Å². The van der Waals surface area contributed by atoms with E-state index in [0.29, 0.717) is 36.6 Å². The molecule has 0 radical (unpaired) electrons. The summed E-state index contributed by atoms with van der Waals surface area (Å²) in [5, 5.41) is 11.4. The van der Waals surface area contributed by atoms with Crippen LogP contribution in [0.25, 0.3) is 0 Å². The molecule has 1 aromatic carbocycles. The third-order valence-electron chi connectivity index (χ3n) is 3.35. The van der Waals surface area contributed by atoms with Gasteiger partial charge in [0.15, 0.2) is 0 Å². The van der Waals surface area contributed by atoms with Crippen LogP contribution in [0.2, 0.25) is 5.02 Å². The van der Waals surface area contributed by atoms with Crippen LogP contribution in [-0.2, 0) is 10.0 Å². The zero-order valence-electron chi connectivity index (χ0n) is 11.5. The van der Waals surface area contributed by atoms with Crippen molar-refractivity contribution < 1.29 is 13.3 Å². The van der Waals surface area contributed by atoms with E-state index in [1.807, 2.05) is 4.90 Å². The molecule has 1 heterocycles. The molecule has 1 saturated heterocycles.